The lowest BCUT2D eigenvalue weighted by molar-refractivity contribution is -0.136. The van der Waals surface area contributed by atoms with Crippen LogP contribution in [-0.2, 0) is 0 Å². The largest absolute Gasteiger partial charge is 0.389 e. The molecule has 0 aromatic heterocycles. The van der Waals surface area contributed by atoms with Crippen LogP contribution in [0.15, 0.2) is 0 Å². The fourth-order valence-corrected chi connectivity index (χ4v) is 0.919. The fourth-order valence-electron chi connectivity index (χ4n) is 0.919. The molecule has 0 aromatic carbocycles. The van der Waals surface area contributed by atoms with Gasteiger partial charge in [0.15, 0.2) is 0 Å². The van der Waals surface area contributed by atoms with Crippen LogP contribution >= 0.6 is 0 Å². The fraction of sp³-hybridized carbons (Fsp3) is 1.00. The minimum atomic E-state index is -4.25. The molecule has 0 rings (SSSR count). The maximum Gasteiger partial charge on any atom is 0.389 e. The Kier molecular flexibility index (Phi) is 5.20. The Hall–Kier alpha value is -0.390. The molecule has 0 saturated heterocycles. The van der Waals surface area contributed by atoms with Crippen LogP contribution in [0.25, 0.3) is 0 Å². The van der Waals surface area contributed by atoms with E-state index in [1.807, 2.05) is 0 Å². The molecule has 0 spiro atoms. The number of hydrogen-bond donors (Lipinski definition) is 1. The molecule has 0 aliphatic rings. The average molecular weight is 205 g/mol. The Morgan fingerprint density at radius 3 is 2.08 bits per heavy atom. The molecule has 1 N–H and O–H groups in total. The lowest BCUT2D eigenvalue weighted by Gasteiger charge is -2.15. The SMILES string of the molecule is CNC(CCCC(F)(F)F)C(F)F. The summed E-state index contributed by atoms with van der Waals surface area (Å²) in [4.78, 5) is 0. The van der Waals surface area contributed by atoms with Crippen molar-refractivity contribution in [3.63, 3.8) is 0 Å². The third-order valence-corrected chi connectivity index (χ3v) is 1.65. The summed E-state index contributed by atoms with van der Waals surface area (Å²) in [5.41, 5.74) is 0. The van der Waals surface area contributed by atoms with Crippen LogP contribution in [0, 0.1) is 0 Å². The summed E-state index contributed by atoms with van der Waals surface area (Å²) in [6, 6.07) is -1.14. The summed E-state index contributed by atoms with van der Waals surface area (Å²) < 4.78 is 58.8. The second-order valence-corrected chi connectivity index (χ2v) is 2.74. The molecule has 0 amide bonds. The molecule has 13 heavy (non-hydrogen) atoms. The molecule has 6 heteroatoms. The van der Waals surface area contributed by atoms with Crippen molar-refractivity contribution in [1.29, 1.82) is 0 Å². The van der Waals surface area contributed by atoms with Crippen molar-refractivity contribution in [3.05, 3.63) is 0 Å². The van der Waals surface area contributed by atoms with Gasteiger partial charge in [0.2, 0.25) is 0 Å². The van der Waals surface area contributed by atoms with E-state index in [1.165, 1.54) is 7.05 Å². The number of halogens is 5. The van der Waals surface area contributed by atoms with E-state index in [9.17, 15) is 22.0 Å². The van der Waals surface area contributed by atoms with Gasteiger partial charge in [-0.25, -0.2) is 8.78 Å². The van der Waals surface area contributed by atoms with Crippen molar-refractivity contribution < 1.29 is 22.0 Å². The first-order valence-corrected chi connectivity index (χ1v) is 3.89. The molecular weight excluding hydrogens is 193 g/mol. The summed E-state index contributed by atoms with van der Waals surface area (Å²) >= 11 is 0. The average Bonchev–Trinajstić information content (AvgIpc) is 1.95. The normalized spacial score (nSPS) is 15.0. The molecule has 1 atom stereocenters. The van der Waals surface area contributed by atoms with Gasteiger partial charge in [0.1, 0.15) is 0 Å². The van der Waals surface area contributed by atoms with E-state index < -0.39 is 25.1 Å². The molecule has 0 heterocycles. The van der Waals surface area contributed by atoms with Gasteiger partial charge >= 0.3 is 6.18 Å². The zero-order valence-corrected chi connectivity index (χ0v) is 7.17. The van der Waals surface area contributed by atoms with Crippen LogP contribution in [0.1, 0.15) is 19.3 Å². The Bertz CT molecular complexity index is 133. The number of hydrogen-bond acceptors (Lipinski definition) is 1. The Balaban J connectivity index is 3.62. The van der Waals surface area contributed by atoms with Gasteiger partial charge in [0, 0.05) is 6.42 Å². The van der Waals surface area contributed by atoms with Gasteiger partial charge in [0.05, 0.1) is 6.04 Å². The molecule has 0 fully saturated rings. The van der Waals surface area contributed by atoms with E-state index >= 15 is 0 Å². The van der Waals surface area contributed by atoms with Crippen LogP contribution in [-0.4, -0.2) is 25.7 Å². The predicted molar refractivity (Wildman–Crippen MR) is 38.8 cm³/mol. The van der Waals surface area contributed by atoms with E-state index in [2.05, 4.69) is 5.32 Å². The highest BCUT2D eigenvalue weighted by molar-refractivity contribution is 4.67. The topological polar surface area (TPSA) is 12.0 Å². The quantitative estimate of drug-likeness (QED) is 0.680. The van der Waals surface area contributed by atoms with E-state index in [4.69, 9.17) is 0 Å². The van der Waals surface area contributed by atoms with Gasteiger partial charge in [-0.1, -0.05) is 0 Å². The van der Waals surface area contributed by atoms with Gasteiger partial charge in [-0.3, -0.25) is 0 Å². The lowest BCUT2D eigenvalue weighted by atomic mass is 10.1. The number of rotatable bonds is 5. The molecule has 0 radical (unpaired) electrons. The highest BCUT2D eigenvalue weighted by atomic mass is 19.4. The standard InChI is InChI=1S/C7H12F5N/c1-13-5(6(8)9)3-2-4-7(10,11)12/h5-6,13H,2-4H2,1H3. The molecule has 0 aliphatic carbocycles. The van der Waals surface area contributed by atoms with Gasteiger partial charge in [-0.15, -0.1) is 0 Å². The van der Waals surface area contributed by atoms with E-state index in [-0.39, 0.29) is 12.8 Å². The molecule has 0 aromatic rings. The summed E-state index contributed by atoms with van der Waals surface area (Å²) in [7, 11) is 1.31. The van der Waals surface area contributed by atoms with E-state index in [1.54, 1.807) is 0 Å². The lowest BCUT2D eigenvalue weighted by Crippen LogP contribution is -2.32. The minimum absolute atomic E-state index is 0.159. The molecule has 1 nitrogen and oxygen atoms in total. The first-order chi connectivity index (χ1) is 5.87. The van der Waals surface area contributed by atoms with Gasteiger partial charge in [-0.2, -0.15) is 13.2 Å². The maximum atomic E-state index is 12.0. The summed E-state index contributed by atoms with van der Waals surface area (Å²) in [5.74, 6) is 0. The van der Waals surface area contributed by atoms with Crippen LogP contribution in [0.5, 0.6) is 0 Å². The first kappa shape index (κ1) is 12.6. The molecule has 0 saturated carbocycles. The third kappa shape index (κ3) is 6.74. The first-order valence-electron chi connectivity index (χ1n) is 3.89. The van der Waals surface area contributed by atoms with Crippen LogP contribution in [0.2, 0.25) is 0 Å². The maximum absolute atomic E-state index is 12.0. The van der Waals surface area contributed by atoms with Crippen LogP contribution < -0.4 is 5.32 Å². The van der Waals surface area contributed by atoms with E-state index in [0.717, 1.165) is 0 Å². The van der Waals surface area contributed by atoms with Crippen molar-refractivity contribution in [2.75, 3.05) is 7.05 Å². The second kappa shape index (κ2) is 5.36. The number of alkyl halides is 5. The van der Waals surface area contributed by atoms with E-state index in [0.29, 0.717) is 0 Å². The van der Waals surface area contributed by atoms with Crippen molar-refractivity contribution in [1.82, 2.24) is 5.32 Å². The third-order valence-electron chi connectivity index (χ3n) is 1.65. The molecule has 0 aliphatic heterocycles. The zero-order valence-electron chi connectivity index (χ0n) is 7.17. The Morgan fingerprint density at radius 2 is 1.77 bits per heavy atom. The van der Waals surface area contributed by atoms with Gasteiger partial charge < -0.3 is 5.32 Å². The van der Waals surface area contributed by atoms with Crippen LogP contribution in [0.4, 0.5) is 22.0 Å². The van der Waals surface area contributed by atoms with Crippen molar-refractivity contribution >= 4 is 0 Å². The number of nitrogens with one attached hydrogen (secondary N) is 1. The molecular formula is C7H12F5N. The second-order valence-electron chi connectivity index (χ2n) is 2.74. The summed E-state index contributed by atoms with van der Waals surface area (Å²) in [6.07, 6.45) is -8.29. The Morgan fingerprint density at radius 1 is 1.23 bits per heavy atom. The highest BCUT2D eigenvalue weighted by Crippen LogP contribution is 2.23. The summed E-state index contributed by atoms with van der Waals surface area (Å²) in [5, 5.41) is 2.27. The Labute approximate surface area is 73.3 Å². The minimum Gasteiger partial charge on any atom is -0.312 e. The smallest absolute Gasteiger partial charge is 0.312 e. The van der Waals surface area contributed by atoms with Crippen molar-refractivity contribution in [2.45, 2.75) is 37.9 Å². The summed E-state index contributed by atoms with van der Waals surface area (Å²) in [6.45, 7) is 0. The molecule has 80 valence electrons. The van der Waals surface area contributed by atoms with Gasteiger partial charge in [0.25, 0.3) is 6.43 Å². The monoisotopic (exact) mass is 205 g/mol. The van der Waals surface area contributed by atoms with Crippen molar-refractivity contribution in [3.8, 4) is 0 Å². The van der Waals surface area contributed by atoms with Crippen LogP contribution in [0.3, 0.4) is 0 Å². The zero-order chi connectivity index (χ0) is 10.5. The van der Waals surface area contributed by atoms with Crippen molar-refractivity contribution in [2.24, 2.45) is 0 Å². The molecule has 0 bridgehead atoms. The molecule has 1 unspecified atom stereocenters. The van der Waals surface area contributed by atoms with Gasteiger partial charge in [-0.05, 0) is 19.9 Å². The highest BCUT2D eigenvalue weighted by Gasteiger charge is 2.27. The predicted octanol–water partition coefficient (Wildman–Crippen LogP) is 2.57.